The van der Waals surface area contributed by atoms with Gasteiger partial charge in [0.25, 0.3) is 5.91 Å². The molecule has 1 amide bonds. The Morgan fingerprint density at radius 3 is 2.66 bits per heavy atom. The number of H-pyrrole nitrogens is 1. The minimum Gasteiger partial charge on any atom is -0.406 e. The van der Waals surface area contributed by atoms with E-state index in [0.717, 1.165) is 28.7 Å². The molecule has 0 radical (unpaired) electrons. The van der Waals surface area contributed by atoms with Crippen molar-refractivity contribution in [2.24, 2.45) is 0 Å². The van der Waals surface area contributed by atoms with Gasteiger partial charge in [0.2, 0.25) is 0 Å². The second-order valence-electron chi connectivity index (χ2n) is 6.90. The van der Waals surface area contributed by atoms with Gasteiger partial charge in [0.15, 0.2) is 0 Å². The molecular formula is C20H17F4N3O2. The smallest absolute Gasteiger partial charge is 0.406 e. The van der Waals surface area contributed by atoms with E-state index in [1.54, 1.807) is 6.20 Å². The first-order valence-electron chi connectivity index (χ1n) is 9.08. The van der Waals surface area contributed by atoms with Crippen LogP contribution >= 0.6 is 0 Å². The van der Waals surface area contributed by atoms with Gasteiger partial charge in [-0.1, -0.05) is 0 Å². The van der Waals surface area contributed by atoms with Crippen LogP contribution in [-0.4, -0.2) is 40.2 Å². The lowest BCUT2D eigenvalue weighted by Crippen LogP contribution is -2.38. The summed E-state index contributed by atoms with van der Waals surface area (Å²) in [5.41, 5.74) is 1.68. The number of benzene rings is 1. The molecule has 0 atom stereocenters. The zero-order valence-corrected chi connectivity index (χ0v) is 15.2. The lowest BCUT2D eigenvalue weighted by molar-refractivity contribution is -0.274. The molecule has 0 saturated carbocycles. The van der Waals surface area contributed by atoms with E-state index in [1.807, 2.05) is 18.3 Å². The maximum Gasteiger partial charge on any atom is 0.573 e. The van der Waals surface area contributed by atoms with Gasteiger partial charge < -0.3 is 14.6 Å². The maximum absolute atomic E-state index is 14.2. The van der Waals surface area contributed by atoms with E-state index in [2.05, 4.69) is 14.7 Å². The highest BCUT2D eigenvalue weighted by atomic mass is 19.4. The Kier molecular flexibility index (Phi) is 4.89. The maximum atomic E-state index is 14.2. The van der Waals surface area contributed by atoms with Crippen molar-refractivity contribution >= 4 is 16.9 Å². The van der Waals surface area contributed by atoms with Crippen LogP contribution in [0.15, 0.2) is 42.7 Å². The predicted molar refractivity (Wildman–Crippen MR) is 97.1 cm³/mol. The molecule has 1 aliphatic heterocycles. The molecule has 1 N–H and O–H groups in total. The quantitative estimate of drug-likeness (QED) is 0.645. The highest BCUT2D eigenvalue weighted by Gasteiger charge is 2.32. The molecule has 152 valence electrons. The highest BCUT2D eigenvalue weighted by molar-refractivity contribution is 5.94. The number of piperidine rings is 1. The number of nitrogens with zero attached hydrogens (tertiary/aromatic N) is 2. The second kappa shape index (κ2) is 7.38. The molecule has 0 bridgehead atoms. The third kappa shape index (κ3) is 4.03. The summed E-state index contributed by atoms with van der Waals surface area (Å²) >= 11 is 0. The number of likely N-dealkylation sites (tertiary alicyclic amines) is 1. The van der Waals surface area contributed by atoms with E-state index < -0.39 is 23.8 Å². The number of hydrogen-bond donors (Lipinski definition) is 1. The van der Waals surface area contributed by atoms with E-state index in [9.17, 15) is 22.4 Å². The van der Waals surface area contributed by atoms with Crippen LogP contribution in [-0.2, 0) is 0 Å². The topological polar surface area (TPSA) is 58.2 Å². The van der Waals surface area contributed by atoms with E-state index >= 15 is 0 Å². The number of carbonyl (C=O) groups is 1. The van der Waals surface area contributed by atoms with Crippen LogP contribution in [0.5, 0.6) is 5.75 Å². The van der Waals surface area contributed by atoms with Gasteiger partial charge in [0, 0.05) is 36.9 Å². The van der Waals surface area contributed by atoms with Crippen molar-refractivity contribution in [2.45, 2.75) is 25.1 Å². The van der Waals surface area contributed by atoms with Gasteiger partial charge in [0.05, 0.1) is 5.56 Å². The van der Waals surface area contributed by atoms with E-state index in [-0.39, 0.29) is 11.5 Å². The molecule has 1 saturated heterocycles. The Balaban J connectivity index is 1.44. The van der Waals surface area contributed by atoms with Crippen LogP contribution in [0, 0.1) is 5.82 Å². The SMILES string of the molecule is O=C(c1ccc(OC(F)(F)F)cc1F)N1CCC(c2c[nH]c3ncccc23)CC1. The monoisotopic (exact) mass is 407 g/mol. The largest absolute Gasteiger partial charge is 0.573 e. The number of aromatic amines is 1. The minimum absolute atomic E-state index is 0.240. The molecular weight excluding hydrogens is 390 g/mol. The molecule has 0 unspecified atom stereocenters. The Bertz CT molecular complexity index is 1040. The first kappa shape index (κ1) is 19.2. The van der Waals surface area contributed by atoms with Crippen molar-refractivity contribution in [2.75, 3.05) is 13.1 Å². The van der Waals surface area contributed by atoms with E-state index in [0.29, 0.717) is 32.0 Å². The standard InChI is InChI=1S/C20H17F4N3O2/c21-17-10-13(29-20(22,23)24)3-4-15(17)19(28)27-8-5-12(6-9-27)16-11-26-18-14(16)2-1-7-25-18/h1-4,7,10-12H,5-6,8-9H2,(H,25,26). The number of pyridine rings is 1. The fourth-order valence-corrected chi connectivity index (χ4v) is 3.75. The van der Waals surface area contributed by atoms with Crippen LogP contribution in [0.1, 0.15) is 34.7 Å². The van der Waals surface area contributed by atoms with Gasteiger partial charge in [-0.25, -0.2) is 9.37 Å². The minimum atomic E-state index is -4.92. The number of fused-ring (bicyclic) bond motifs is 1. The predicted octanol–water partition coefficient (Wildman–Crippen LogP) is 4.62. The van der Waals surface area contributed by atoms with Crippen molar-refractivity contribution < 1.29 is 27.1 Å². The highest BCUT2D eigenvalue weighted by Crippen LogP contribution is 2.33. The number of nitrogens with one attached hydrogen (secondary N) is 1. The van der Waals surface area contributed by atoms with Gasteiger partial charge in [-0.2, -0.15) is 0 Å². The van der Waals surface area contributed by atoms with Crippen molar-refractivity contribution in [3.63, 3.8) is 0 Å². The molecule has 1 fully saturated rings. The van der Waals surface area contributed by atoms with Crippen molar-refractivity contribution in [1.82, 2.24) is 14.9 Å². The summed E-state index contributed by atoms with van der Waals surface area (Å²) < 4.78 is 54.6. The Morgan fingerprint density at radius 2 is 1.97 bits per heavy atom. The molecule has 0 aliphatic carbocycles. The summed E-state index contributed by atoms with van der Waals surface area (Å²) in [6.45, 7) is 0.855. The molecule has 1 aromatic carbocycles. The first-order chi connectivity index (χ1) is 13.8. The van der Waals surface area contributed by atoms with Crippen LogP contribution in [0.3, 0.4) is 0 Å². The second-order valence-corrected chi connectivity index (χ2v) is 6.90. The van der Waals surface area contributed by atoms with Gasteiger partial charge >= 0.3 is 6.36 Å². The molecule has 3 aromatic rings. The summed E-state index contributed by atoms with van der Waals surface area (Å²) in [6, 6.07) is 6.40. The van der Waals surface area contributed by atoms with Gasteiger partial charge in [0.1, 0.15) is 17.2 Å². The summed E-state index contributed by atoms with van der Waals surface area (Å²) in [6.07, 6.45) is 0.120. The third-order valence-corrected chi connectivity index (χ3v) is 5.11. The summed E-state index contributed by atoms with van der Waals surface area (Å²) in [5, 5.41) is 1.04. The van der Waals surface area contributed by atoms with Crippen molar-refractivity contribution in [3.05, 3.63) is 59.7 Å². The Morgan fingerprint density at radius 1 is 1.21 bits per heavy atom. The fourth-order valence-electron chi connectivity index (χ4n) is 3.75. The van der Waals surface area contributed by atoms with E-state index in [1.165, 1.54) is 4.90 Å². The molecule has 2 aromatic heterocycles. The summed E-state index contributed by atoms with van der Waals surface area (Å²) in [5.74, 6) is -2.04. The van der Waals surface area contributed by atoms with Crippen LogP contribution < -0.4 is 4.74 Å². The van der Waals surface area contributed by atoms with Crippen LogP contribution in [0.2, 0.25) is 0 Å². The number of ether oxygens (including phenoxy) is 1. The number of amides is 1. The normalized spacial score (nSPS) is 15.7. The van der Waals surface area contributed by atoms with E-state index in [4.69, 9.17) is 0 Å². The van der Waals surface area contributed by atoms with Crippen LogP contribution in [0.4, 0.5) is 17.6 Å². The molecule has 3 heterocycles. The molecule has 0 spiro atoms. The van der Waals surface area contributed by atoms with Crippen molar-refractivity contribution in [1.29, 1.82) is 0 Å². The molecule has 4 rings (SSSR count). The molecule has 1 aliphatic rings. The lowest BCUT2D eigenvalue weighted by atomic mass is 9.89. The molecule has 9 heteroatoms. The Labute approximate surface area is 163 Å². The number of aromatic nitrogens is 2. The lowest BCUT2D eigenvalue weighted by Gasteiger charge is -2.32. The summed E-state index contributed by atoms with van der Waals surface area (Å²) in [7, 11) is 0. The van der Waals surface area contributed by atoms with Gasteiger partial charge in [-0.05, 0) is 48.6 Å². The number of rotatable bonds is 3. The van der Waals surface area contributed by atoms with Crippen LogP contribution in [0.25, 0.3) is 11.0 Å². The number of halogens is 4. The fraction of sp³-hybridized carbons (Fsp3) is 0.300. The van der Waals surface area contributed by atoms with Gasteiger partial charge in [-0.15, -0.1) is 13.2 Å². The first-order valence-corrected chi connectivity index (χ1v) is 9.08. The average Bonchev–Trinajstić information content (AvgIpc) is 3.11. The van der Waals surface area contributed by atoms with Gasteiger partial charge in [-0.3, -0.25) is 4.79 Å². The summed E-state index contributed by atoms with van der Waals surface area (Å²) in [4.78, 5) is 21.6. The molecule has 29 heavy (non-hydrogen) atoms. The molecule has 5 nitrogen and oxygen atoms in total. The number of carbonyl (C=O) groups excluding carboxylic acids is 1. The average molecular weight is 407 g/mol. The Hall–Kier alpha value is -3.10. The number of alkyl halides is 3. The number of hydrogen-bond acceptors (Lipinski definition) is 3. The zero-order valence-electron chi connectivity index (χ0n) is 15.2. The third-order valence-electron chi connectivity index (χ3n) is 5.11. The van der Waals surface area contributed by atoms with Crippen molar-refractivity contribution in [3.8, 4) is 5.75 Å². The zero-order chi connectivity index (χ0) is 20.6.